The number of aliphatic imine (C=N–C) groups is 1. The molecule has 0 radical (unpaired) electrons. The number of nitrogens with one attached hydrogen (secondary N) is 2. The Hall–Kier alpha value is -2.08. The van der Waals surface area contributed by atoms with E-state index in [-0.39, 0.29) is 0 Å². The first kappa shape index (κ1) is 13.9. The molecule has 6 nitrogen and oxygen atoms in total. The second-order valence-corrected chi connectivity index (χ2v) is 5.34. The van der Waals surface area contributed by atoms with Crippen LogP contribution in [0.4, 0.5) is 0 Å². The number of halogens is 1. The molecule has 1 aliphatic rings. The molecule has 3 rings (SSSR count). The van der Waals surface area contributed by atoms with E-state index in [0.29, 0.717) is 11.6 Å². The minimum atomic E-state index is 0.593. The van der Waals surface area contributed by atoms with Crippen molar-refractivity contribution < 1.29 is 0 Å². The summed E-state index contributed by atoms with van der Waals surface area (Å²) in [4.78, 5) is 8.96. The zero-order valence-electron chi connectivity index (χ0n) is 11.8. The van der Waals surface area contributed by atoms with Crippen LogP contribution < -0.4 is 10.6 Å². The van der Waals surface area contributed by atoms with Gasteiger partial charge in [0.25, 0.3) is 0 Å². The first-order valence-corrected chi connectivity index (χ1v) is 7.29. The van der Waals surface area contributed by atoms with Gasteiger partial charge in [-0.05, 0) is 19.4 Å². The fraction of sp³-hybridized carbons (Fsp3) is 0.357. The van der Waals surface area contributed by atoms with Crippen molar-refractivity contribution in [2.75, 3.05) is 13.1 Å². The molecular formula is C14H17ClN6. The smallest absolute Gasteiger partial charge is 0.191 e. The average molecular weight is 305 g/mol. The third-order valence-corrected chi connectivity index (χ3v) is 3.40. The van der Waals surface area contributed by atoms with Crippen molar-refractivity contribution in [3.05, 3.63) is 40.8 Å². The fourth-order valence-corrected chi connectivity index (χ4v) is 2.29. The maximum atomic E-state index is 5.95. The Labute approximate surface area is 128 Å². The molecule has 0 aliphatic carbocycles. The Morgan fingerprint density at radius 1 is 1.43 bits per heavy atom. The van der Waals surface area contributed by atoms with E-state index in [9.17, 15) is 0 Å². The van der Waals surface area contributed by atoms with Crippen LogP contribution in [0, 0.1) is 6.92 Å². The molecule has 0 bridgehead atoms. The standard InChI is InChI=1S/C14H17ClN6/c1-10-3-4-11(7-18-14-16-5-2-6-17-14)13(20-10)21-9-12(15)8-19-21/h3-4,8-9H,2,5-7H2,1H3,(H2,16,17,18). The number of hydrogen-bond donors (Lipinski definition) is 2. The van der Waals surface area contributed by atoms with Crippen LogP contribution in [-0.2, 0) is 6.54 Å². The maximum Gasteiger partial charge on any atom is 0.191 e. The monoisotopic (exact) mass is 304 g/mol. The van der Waals surface area contributed by atoms with Gasteiger partial charge in [0.15, 0.2) is 11.8 Å². The van der Waals surface area contributed by atoms with Gasteiger partial charge >= 0.3 is 0 Å². The molecule has 1 aliphatic heterocycles. The van der Waals surface area contributed by atoms with Crippen LogP contribution in [0.5, 0.6) is 0 Å². The highest BCUT2D eigenvalue weighted by Gasteiger charge is 2.10. The minimum absolute atomic E-state index is 0.593. The van der Waals surface area contributed by atoms with Crippen LogP contribution in [-0.4, -0.2) is 33.8 Å². The van der Waals surface area contributed by atoms with E-state index >= 15 is 0 Å². The van der Waals surface area contributed by atoms with Crippen LogP contribution in [0.25, 0.3) is 5.82 Å². The fourth-order valence-electron chi connectivity index (χ4n) is 2.15. The lowest BCUT2D eigenvalue weighted by Gasteiger charge is -2.17. The first-order valence-electron chi connectivity index (χ1n) is 6.91. The van der Waals surface area contributed by atoms with E-state index in [4.69, 9.17) is 11.6 Å². The Morgan fingerprint density at radius 2 is 2.33 bits per heavy atom. The van der Waals surface area contributed by atoms with Crippen molar-refractivity contribution in [2.45, 2.75) is 19.9 Å². The number of pyridine rings is 1. The normalized spacial score (nSPS) is 14.5. The highest BCUT2D eigenvalue weighted by molar-refractivity contribution is 6.30. The molecule has 21 heavy (non-hydrogen) atoms. The summed E-state index contributed by atoms with van der Waals surface area (Å²) in [5, 5.41) is 11.4. The number of hydrogen-bond acceptors (Lipinski definition) is 5. The largest absolute Gasteiger partial charge is 0.356 e. The van der Waals surface area contributed by atoms with Crippen molar-refractivity contribution in [1.29, 1.82) is 0 Å². The van der Waals surface area contributed by atoms with E-state index < -0.39 is 0 Å². The number of aryl methyl sites for hydroxylation is 1. The van der Waals surface area contributed by atoms with Crippen LogP contribution in [0.3, 0.4) is 0 Å². The van der Waals surface area contributed by atoms with Crippen LogP contribution >= 0.6 is 11.6 Å². The molecule has 7 heteroatoms. The lowest BCUT2D eigenvalue weighted by Crippen LogP contribution is -2.40. The summed E-state index contributed by atoms with van der Waals surface area (Å²) < 4.78 is 1.70. The zero-order valence-corrected chi connectivity index (χ0v) is 12.6. The van der Waals surface area contributed by atoms with Crippen molar-refractivity contribution in [3.8, 4) is 5.82 Å². The second kappa shape index (κ2) is 6.13. The molecule has 110 valence electrons. The van der Waals surface area contributed by atoms with Crippen LogP contribution in [0.1, 0.15) is 17.7 Å². The molecule has 0 saturated heterocycles. The molecule has 3 heterocycles. The van der Waals surface area contributed by atoms with Gasteiger partial charge in [0.2, 0.25) is 0 Å². The molecule has 0 saturated carbocycles. The maximum absolute atomic E-state index is 5.95. The molecule has 0 unspecified atom stereocenters. The predicted molar refractivity (Wildman–Crippen MR) is 82.9 cm³/mol. The molecule has 2 N–H and O–H groups in total. The molecule has 2 aromatic rings. The molecular weight excluding hydrogens is 288 g/mol. The Balaban J connectivity index is 1.82. The summed E-state index contributed by atoms with van der Waals surface area (Å²) in [6.45, 7) is 4.41. The van der Waals surface area contributed by atoms with Gasteiger partial charge in [-0.1, -0.05) is 17.7 Å². The third kappa shape index (κ3) is 3.33. The van der Waals surface area contributed by atoms with Crippen molar-refractivity contribution in [3.63, 3.8) is 0 Å². The summed E-state index contributed by atoms with van der Waals surface area (Å²) in [5.74, 6) is 1.62. The molecule has 0 fully saturated rings. The third-order valence-electron chi connectivity index (χ3n) is 3.21. The Kier molecular flexibility index (Phi) is 4.06. The minimum Gasteiger partial charge on any atom is -0.356 e. The van der Waals surface area contributed by atoms with E-state index in [0.717, 1.165) is 42.5 Å². The van der Waals surface area contributed by atoms with Gasteiger partial charge in [0.05, 0.1) is 17.4 Å². The molecule has 0 aromatic carbocycles. The van der Waals surface area contributed by atoms with E-state index in [2.05, 4.69) is 25.7 Å². The zero-order chi connectivity index (χ0) is 14.7. The van der Waals surface area contributed by atoms with Gasteiger partial charge in [-0.2, -0.15) is 5.10 Å². The van der Waals surface area contributed by atoms with Gasteiger partial charge in [0.1, 0.15) is 0 Å². The van der Waals surface area contributed by atoms with Gasteiger partial charge in [-0.25, -0.2) is 9.67 Å². The quantitative estimate of drug-likeness (QED) is 0.905. The topological polar surface area (TPSA) is 67.1 Å². The highest BCUT2D eigenvalue weighted by atomic mass is 35.5. The number of aromatic nitrogens is 3. The van der Waals surface area contributed by atoms with Crippen molar-refractivity contribution in [1.82, 2.24) is 25.4 Å². The lowest BCUT2D eigenvalue weighted by molar-refractivity contribution is 0.698. The number of guanidine groups is 1. The molecule has 2 aromatic heterocycles. The van der Waals surface area contributed by atoms with Gasteiger partial charge in [-0.3, -0.25) is 4.99 Å². The Bertz CT molecular complexity index is 663. The summed E-state index contributed by atoms with van der Waals surface area (Å²) in [6.07, 6.45) is 4.44. The number of rotatable bonds is 3. The van der Waals surface area contributed by atoms with Crippen LogP contribution in [0.15, 0.2) is 29.5 Å². The summed E-state index contributed by atoms with van der Waals surface area (Å²) in [6, 6.07) is 4.03. The van der Waals surface area contributed by atoms with E-state index in [1.165, 1.54) is 0 Å². The van der Waals surface area contributed by atoms with Crippen LogP contribution in [0.2, 0.25) is 5.02 Å². The number of nitrogens with zero attached hydrogens (tertiary/aromatic N) is 4. The highest BCUT2D eigenvalue weighted by Crippen LogP contribution is 2.15. The summed E-state index contributed by atoms with van der Waals surface area (Å²) in [7, 11) is 0. The van der Waals surface area contributed by atoms with E-state index in [1.54, 1.807) is 17.1 Å². The predicted octanol–water partition coefficient (Wildman–Crippen LogP) is 1.67. The molecule has 0 atom stereocenters. The van der Waals surface area contributed by atoms with E-state index in [1.807, 2.05) is 19.1 Å². The molecule has 0 spiro atoms. The summed E-state index contributed by atoms with van der Waals surface area (Å²) in [5.41, 5.74) is 1.98. The molecule has 0 amide bonds. The second-order valence-electron chi connectivity index (χ2n) is 4.90. The first-order chi connectivity index (χ1) is 10.2. The van der Waals surface area contributed by atoms with Gasteiger partial charge < -0.3 is 10.6 Å². The lowest BCUT2D eigenvalue weighted by atomic mass is 10.2. The average Bonchev–Trinajstić information content (AvgIpc) is 2.93. The SMILES string of the molecule is Cc1ccc(CNC2=NCCCN2)c(-n2cc(Cl)cn2)n1. The Morgan fingerprint density at radius 3 is 3.05 bits per heavy atom. The summed E-state index contributed by atoms with van der Waals surface area (Å²) >= 11 is 5.95. The van der Waals surface area contributed by atoms with Gasteiger partial charge in [0, 0.05) is 30.9 Å². The van der Waals surface area contributed by atoms with Gasteiger partial charge in [-0.15, -0.1) is 0 Å². The van der Waals surface area contributed by atoms with Crippen molar-refractivity contribution >= 4 is 17.6 Å². The van der Waals surface area contributed by atoms with Crippen molar-refractivity contribution in [2.24, 2.45) is 4.99 Å².